The van der Waals surface area contributed by atoms with Crippen molar-refractivity contribution >= 4 is 10.9 Å². The van der Waals surface area contributed by atoms with Crippen LogP contribution < -0.4 is 0 Å². The van der Waals surface area contributed by atoms with Gasteiger partial charge in [-0.2, -0.15) is 5.10 Å². The summed E-state index contributed by atoms with van der Waals surface area (Å²) < 4.78 is 16.9. The monoisotopic (exact) mass is 472 g/mol. The molecule has 0 radical (unpaired) electrons. The molecule has 0 atom stereocenters. The zero-order chi connectivity index (χ0) is 25.1. The van der Waals surface area contributed by atoms with Gasteiger partial charge in [0.15, 0.2) is 0 Å². The van der Waals surface area contributed by atoms with E-state index < -0.39 is 0 Å². The van der Waals surface area contributed by atoms with Gasteiger partial charge < -0.3 is 4.98 Å². The molecule has 184 valence electrons. The minimum absolute atomic E-state index is 0.171. The highest BCUT2D eigenvalue weighted by Crippen LogP contribution is 2.46. The molecule has 5 rings (SSSR count). The number of nitrogens with zero attached hydrogens (tertiary/aromatic N) is 3. The SMILES string of the molecule is CCc1cccc(CC)c1-n1nc2c(c1-c1ccc(F)c3[nH]ccc13)CN(CC(C)(C)C)C2(C)C. The lowest BCUT2D eigenvalue weighted by atomic mass is 9.93. The molecule has 3 heterocycles. The van der Waals surface area contributed by atoms with Gasteiger partial charge in [0, 0.05) is 35.8 Å². The minimum Gasteiger partial charge on any atom is -0.359 e. The Kier molecular flexibility index (Phi) is 5.67. The maximum atomic E-state index is 14.7. The number of halogens is 1. The number of aryl methyl sites for hydroxylation is 2. The molecule has 0 saturated carbocycles. The number of aromatic nitrogens is 3. The van der Waals surface area contributed by atoms with Crippen LogP contribution in [0, 0.1) is 11.2 Å². The fraction of sp³-hybridized carbons (Fsp3) is 0.433. The summed E-state index contributed by atoms with van der Waals surface area (Å²) in [5.74, 6) is -0.227. The Morgan fingerprint density at radius 2 is 1.71 bits per heavy atom. The second kappa shape index (κ2) is 8.34. The van der Waals surface area contributed by atoms with E-state index in [1.807, 2.05) is 18.3 Å². The summed E-state index contributed by atoms with van der Waals surface area (Å²) in [5, 5.41) is 6.27. The number of aromatic amines is 1. The highest BCUT2D eigenvalue weighted by molar-refractivity contribution is 5.96. The number of nitrogens with one attached hydrogen (secondary N) is 1. The maximum absolute atomic E-state index is 14.7. The zero-order valence-electron chi connectivity index (χ0n) is 22.1. The van der Waals surface area contributed by atoms with Crippen LogP contribution in [0.25, 0.3) is 27.8 Å². The molecule has 35 heavy (non-hydrogen) atoms. The van der Waals surface area contributed by atoms with E-state index in [4.69, 9.17) is 5.10 Å². The highest BCUT2D eigenvalue weighted by atomic mass is 19.1. The van der Waals surface area contributed by atoms with Crippen LogP contribution in [0.5, 0.6) is 0 Å². The van der Waals surface area contributed by atoms with Crippen molar-refractivity contribution in [2.75, 3.05) is 6.54 Å². The summed E-state index contributed by atoms with van der Waals surface area (Å²) in [6.45, 7) is 17.6. The average Bonchev–Trinajstić information content (AvgIpc) is 3.49. The number of benzene rings is 2. The van der Waals surface area contributed by atoms with Gasteiger partial charge in [-0.1, -0.05) is 52.8 Å². The van der Waals surface area contributed by atoms with E-state index in [0.29, 0.717) is 5.52 Å². The lowest BCUT2D eigenvalue weighted by Gasteiger charge is -2.36. The Balaban J connectivity index is 1.83. The van der Waals surface area contributed by atoms with E-state index >= 15 is 0 Å². The number of para-hydroxylation sites is 1. The summed E-state index contributed by atoms with van der Waals surface area (Å²) in [7, 11) is 0. The second-order valence-electron chi connectivity index (χ2n) is 11.6. The van der Waals surface area contributed by atoms with E-state index in [2.05, 4.69) is 81.2 Å². The van der Waals surface area contributed by atoms with Crippen LogP contribution in [0.3, 0.4) is 0 Å². The van der Waals surface area contributed by atoms with Gasteiger partial charge in [0.05, 0.1) is 28.1 Å². The number of rotatable bonds is 5. The van der Waals surface area contributed by atoms with E-state index in [0.717, 1.165) is 48.3 Å². The quantitative estimate of drug-likeness (QED) is 0.329. The van der Waals surface area contributed by atoms with Crippen LogP contribution in [0.4, 0.5) is 4.39 Å². The van der Waals surface area contributed by atoms with Crippen molar-refractivity contribution in [3.8, 4) is 16.9 Å². The van der Waals surface area contributed by atoms with Crippen LogP contribution in [0.2, 0.25) is 0 Å². The summed E-state index contributed by atoms with van der Waals surface area (Å²) in [6, 6.07) is 12.1. The molecule has 0 aliphatic carbocycles. The Morgan fingerprint density at radius 3 is 2.34 bits per heavy atom. The number of H-pyrrole nitrogens is 1. The zero-order valence-corrected chi connectivity index (χ0v) is 22.1. The number of fused-ring (bicyclic) bond motifs is 2. The van der Waals surface area contributed by atoms with Gasteiger partial charge in [-0.05, 0) is 61.4 Å². The molecule has 0 spiro atoms. The van der Waals surface area contributed by atoms with Crippen molar-refractivity contribution in [2.45, 2.75) is 73.4 Å². The van der Waals surface area contributed by atoms with Crippen LogP contribution in [-0.4, -0.2) is 26.2 Å². The van der Waals surface area contributed by atoms with Crippen LogP contribution in [0.15, 0.2) is 42.6 Å². The average molecular weight is 473 g/mol. The molecular weight excluding hydrogens is 435 g/mol. The first-order chi connectivity index (χ1) is 16.6. The van der Waals surface area contributed by atoms with Gasteiger partial charge in [0.2, 0.25) is 0 Å². The van der Waals surface area contributed by atoms with Crippen molar-refractivity contribution in [3.05, 3.63) is 70.8 Å². The topological polar surface area (TPSA) is 36.9 Å². The summed E-state index contributed by atoms with van der Waals surface area (Å²) >= 11 is 0. The molecule has 0 amide bonds. The predicted molar refractivity (Wildman–Crippen MR) is 142 cm³/mol. The Hall–Kier alpha value is -2.92. The van der Waals surface area contributed by atoms with Crippen molar-refractivity contribution in [1.29, 1.82) is 0 Å². The van der Waals surface area contributed by atoms with Gasteiger partial charge >= 0.3 is 0 Å². The summed E-state index contributed by atoms with van der Waals surface area (Å²) in [5.41, 5.74) is 8.74. The Morgan fingerprint density at radius 1 is 1.03 bits per heavy atom. The van der Waals surface area contributed by atoms with Gasteiger partial charge in [-0.15, -0.1) is 0 Å². The molecule has 1 N–H and O–H groups in total. The summed E-state index contributed by atoms with van der Waals surface area (Å²) in [4.78, 5) is 5.65. The standard InChI is InChI=1S/C30H37FN4/c1-8-19-11-10-12-20(9-2)26(19)35-27(22-13-14-24(31)25-21(22)15-16-32-25)23-17-34(18-29(3,4)5)30(6,7)28(23)33-35/h10-16,32H,8-9,17-18H2,1-7H3. The molecule has 4 aromatic rings. The van der Waals surface area contributed by atoms with Crippen molar-refractivity contribution in [2.24, 2.45) is 5.41 Å². The molecule has 0 unspecified atom stereocenters. The molecular formula is C30H37FN4. The minimum atomic E-state index is -0.227. The van der Waals surface area contributed by atoms with Gasteiger partial charge in [-0.25, -0.2) is 9.07 Å². The normalized spacial score (nSPS) is 15.8. The Bertz CT molecular complexity index is 1380. The molecule has 1 aliphatic rings. The smallest absolute Gasteiger partial charge is 0.147 e. The first kappa shape index (κ1) is 23.8. The van der Waals surface area contributed by atoms with E-state index in [9.17, 15) is 4.39 Å². The summed E-state index contributed by atoms with van der Waals surface area (Å²) in [6.07, 6.45) is 3.68. The molecule has 5 heteroatoms. The number of hydrogen-bond acceptors (Lipinski definition) is 2. The first-order valence-electron chi connectivity index (χ1n) is 12.8. The number of hydrogen-bond donors (Lipinski definition) is 1. The molecule has 1 aliphatic heterocycles. The van der Waals surface area contributed by atoms with Crippen LogP contribution in [-0.2, 0) is 24.9 Å². The Labute approximate surface area is 208 Å². The third-order valence-electron chi connectivity index (χ3n) is 7.47. The first-order valence-corrected chi connectivity index (χ1v) is 12.8. The van der Waals surface area contributed by atoms with Crippen LogP contribution >= 0.6 is 0 Å². The molecule has 2 aromatic heterocycles. The van der Waals surface area contributed by atoms with Gasteiger partial charge in [0.1, 0.15) is 5.82 Å². The van der Waals surface area contributed by atoms with Gasteiger partial charge in [0.25, 0.3) is 0 Å². The largest absolute Gasteiger partial charge is 0.359 e. The molecule has 0 fully saturated rings. The van der Waals surface area contributed by atoms with E-state index in [1.165, 1.54) is 22.4 Å². The lowest BCUT2D eigenvalue weighted by molar-refractivity contribution is 0.0869. The van der Waals surface area contributed by atoms with E-state index in [-0.39, 0.29) is 16.8 Å². The fourth-order valence-electron chi connectivity index (χ4n) is 5.71. The van der Waals surface area contributed by atoms with Gasteiger partial charge in [-0.3, -0.25) is 4.90 Å². The molecule has 4 nitrogen and oxygen atoms in total. The third-order valence-corrected chi connectivity index (χ3v) is 7.47. The molecule has 2 aromatic carbocycles. The van der Waals surface area contributed by atoms with Crippen LogP contribution in [0.1, 0.15) is 70.9 Å². The van der Waals surface area contributed by atoms with Crippen molar-refractivity contribution in [1.82, 2.24) is 19.7 Å². The van der Waals surface area contributed by atoms with Crippen molar-refractivity contribution < 1.29 is 4.39 Å². The van der Waals surface area contributed by atoms with Crippen molar-refractivity contribution in [3.63, 3.8) is 0 Å². The molecule has 0 saturated heterocycles. The fourth-order valence-corrected chi connectivity index (χ4v) is 5.71. The molecule has 0 bridgehead atoms. The highest BCUT2D eigenvalue weighted by Gasteiger charge is 2.44. The maximum Gasteiger partial charge on any atom is 0.147 e. The lowest BCUT2D eigenvalue weighted by Crippen LogP contribution is -2.41. The van der Waals surface area contributed by atoms with E-state index in [1.54, 1.807) is 6.07 Å². The second-order valence-corrected chi connectivity index (χ2v) is 11.6. The third kappa shape index (κ3) is 3.81. The predicted octanol–water partition coefficient (Wildman–Crippen LogP) is 7.38.